The summed E-state index contributed by atoms with van der Waals surface area (Å²) in [4.78, 5) is 6.79. The fraction of sp³-hybridized carbons (Fsp3) is 0.667. The van der Waals surface area contributed by atoms with E-state index in [0.29, 0.717) is 6.04 Å². The smallest absolute Gasteiger partial charge is 0.128 e. The number of pyridine rings is 1. The van der Waals surface area contributed by atoms with Crippen LogP contribution in [0, 0.1) is 0 Å². The van der Waals surface area contributed by atoms with Crippen molar-refractivity contribution in [2.75, 3.05) is 18.1 Å². The third-order valence-electron chi connectivity index (χ3n) is 3.66. The normalized spacial score (nSPS) is 20.0. The van der Waals surface area contributed by atoms with Gasteiger partial charge in [-0.15, -0.1) is 0 Å². The molecule has 1 aromatic heterocycles. The Morgan fingerprint density at radius 3 is 2.89 bits per heavy atom. The minimum atomic E-state index is 0.221. The molecule has 0 radical (unpaired) electrons. The van der Waals surface area contributed by atoms with Gasteiger partial charge in [0.1, 0.15) is 5.82 Å². The Labute approximate surface area is 115 Å². The van der Waals surface area contributed by atoms with Crippen LogP contribution in [0.15, 0.2) is 18.3 Å². The van der Waals surface area contributed by atoms with Crippen molar-refractivity contribution in [2.45, 2.75) is 51.7 Å². The Balaban J connectivity index is 2.00. The molecule has 2 rings (SSSR count). The van der Waals surface area contributed by atoms with Crippen LogP contribution in [-0.2, 0) is 6.54 Å². The summed E-state index contributed by atoms with van der Waals surface area (Å²) >= 11 is 0. The number of piperidine rings is 1. The number of nitrogens with one attached hydrogen (secondary N) is 1. The molecule has 1 saturated heterocycles. The molecule has 1 aromatic rings. The van der Waals surface area contributed by atoms with Crippen LogP contribution in [0.1, 0.15) is 38.7 Å². The first-order chi connectivity index (χ1) is 9.20. The van der Waals surface area contributed by atoms with Crippen molar-refractivity contribution in [2.24, 2.45) is 0 Å². The number of aliphatic hydroxyl groups excluding tert-OH is 1. The van der Waals surface area contributed by atoms with Crippen LogP contribution in [0.2, 0.25) is 0 Å². The fourth-order valence-electron chi connectivity index (χ4n) is 2.51. The number of nitrogens with zero attached hydrogens (tertiary/aromatic N) is 2. The molecule has 0 aliphatic carbocycles. The molecule has 2 heterocycles. The molecule has 0 amide bonds. The van der Waals surface area contributed by atoms with Gasteiger partial charge in [-0.25, -0.2) is 4.98 Å². The van der Waals surface area contributed by atoms with Crippen molar-refractivity contribution in [3.05, 3.63) is 23.9 Å². The molecule has 1 unspecified atom stereocenters. The predicted octanol–water partition coefficient (Wildman–Crippen LogP) is 1.93. The largest absolute Gasteiger partial charge is 0.394 e. The minimum Gasteiger partial charge on any atom is -0.394 e. The number of anilines is 1. The molecule has 0 bridgehead atoms. The molecule has 1 aliphatic heterocycles. The Morgan fingerprint density at radius 1 is 1.42 bits per heavy atom. The Hall–Kier alpha value is -1.13. The highest BCUT2D eigenvalue weighted by Gasteiger charge is 2.22. The maximum atomic E-state index is 9.44. The summed E-state index contributed by atoms with van der Waals surface area (Å²) in [6, 6.07) is 4.92. The van der Waals surface area contributed by atoms with E-state index in [2.05, 4.69) is 41.2 Å². The number of aliphatic hydroxyl groups is 1. The molecule has 1 atom stereocenters. The van der Waals surface area contributed by atoms with Gasteiger partial charge in [0.15, 0.2) is 0 Å². The van der Waals surface area contributed by atoms with E-state index in [-0.39, 0.29) is 12.6 Å². The molecule has 106 valence electrons. The molecule has 1 fully saturated rings. The summed E-state index contributed by atoms with van der Waals surface area (Å²) in [5.74, 6) is 0.993. The zero-order valence-corrected chi connectivity index (χ0v) is 12.0. The summed E-state index contributed by atoms with van der Waals surface area (Å²) in [6.45, 7) is 6.36. The molecule has 19 heavy (non-hydrogen) atoms. The van der Waals surface area contributed by atoms with E-state index in [1.165, 1.54) is 18.4 Å². The van der Waals surface area contributed by atoms with Gasteiger partial charge in [0.2, 0.25) is 0 Å². The van der Waals surface area contributed by atoms with Crippen molar-refractivity contribution >= 4 is 5.82 Å². The average Bonchev–Trinajstić information content (AvgIpc) is 2.45. The topological polar surface area (TPSA) is 48.4 Å². The van der Waals surface area contributed by atoms with Gasteiger partial charge < -0.3 is 15.3 Å². The summed E-state index contributed by atoms with van der Waals surface area (Å²) in [7, 11) is 0. The predicted molar refractivity (Wildman–Crippen MR) is 78.3 cm³/mol. The molecule has 4 nitrogen and oxygen atoms in total. The van der Waals surface area contributed by atoms with Gasteiger partial charge in [0.05, 0.1) is 12.6 Å². The van der Waals surface area contributed by atoms with Crippen LogP contribution in [0.3, 0.4) is 0 Å². The number of rotatable bonds is 5. The highest BCUT2D eigenvalue weighted by molar-refractivity contribution is 5.41. The number of aromatic nitrogens is 1. The van der Waals surface area contributed by atoms with Crippen molar-refractivity contribution < 1.29 is 5.11 Å². The highest BCUT2D eigenvalue weighted by atomic mass is 16.3. The van der Waals surface area contributed by atoms with Gasteiger partial charge in [0.25, 0.3) is 0 Å². The third-order valence-corrected chi connectivity index (χ3v) is 3.66. The van der Waals surface area contributed by atoms with E-state index in [1.54, 1.807) is 0 Å². The van der Waals surface area contributed by atoms with Crippen LogP contribution < -0.4 is 10.2 Å². The summed E-state index contributed by atoms with van der Waals surface area (Å²) in [6.07, 6.45) is 5.40. The van der Waals surface area contributed by atoms with E-state index >= 15 is 0 Å². The summed E-state index contributed by atoms with van der Waals surface area (Å²) < 4.78 is 0. The van der Waals surface area contributed by atoms with E-state index < -0.39 is 0 Å². The lowest BCUT2D eigenvalue weighted by Crippen LogP contribution is -2.42. The van der Waals surface area contributed by atoms with Gasteiger partial charge >= 0.3 is 0 Å². The average molecular weight is 263 g/mol. The second kappa shape index (κ2) is 6.87. The van der Waals surface area contributed by atoms with Gasteiger partial charge in [-0.05, 0) is 30.9 Å². The van der Waals surface area contributed by atoms with E-state index in [4.69, 9.17) is 0 Å². The zero-order valence-electron chi connectivity index (χ0n) is 12.0. The first-order valence-electron chi connectivity index (χ1n) is 7.26. The first-order valence-corrected chi connectivity index (χ1v) is 7.26. The van der Waals surface area contributed by atoms with Crippen LogP contribution >= 0.6 is 0 Å². The SMILES string of the molecule is CC(C)NCc1ccc(N2CCCCC2CO)nc1. The lowest BCUT2D eigenvalue weighted by atomic mass is 10.0. The quantitative estimate of drug-likeness (QED) is 0.852. The molecular formula is C15H25N3O. The number of hydrogen-bond donors (Lipinski definition) is 2. The van der Waals surface area contributed by atoms with Crippen molar-refractivity contribution in [1.82, 2.24) is 10.3 Å². The molecular weight excluding hydrogens is 238 g/mol. The van der Waals surface area contributed by atoms with E-state index in [0.717, 1.165) is 25.3 Å². The molecule has 2 N–H and O–H groups in total. The van der Waals surface area contributed by atoms with E-state index in [9.17, 15) is 5.11 Å². The van der Waals surface area contributed by atoms with Crippen LogP contribution in [0.5, 0.6) is 0 Å². The lowest BCUT2D eigenvalue weighted by Gasteiger charge is -2.35. The maximum absolute atomic E-state index is 9.44. The minimum absolute atomic E-state index is 0.221. The number of hydrogen-bond acceptors (Lipinski definition) is 4. The van der Waals surface area contributed by atoms with Crippen molar-refractivity contribution in [1.29, 1.82) is 0 Å². The second-order valence-corrected chi connectivity index (χ2v) is 5.59. The highest BCUT2D eigenvalue weighted by Crippen LogP contribution is 2.22. The Morgan fingerprint density at radius 2 is 2.26 bits per heavy atom. The Bertz CT molecular complexity index is 377. The lowest BCUT2D eigenvalue weighted by molar-refractivity contribution is 0.239. The maximum Gasteiger partial charge on any atom is 0.128 e. The van der Waals surface area contributed by atoms with Crippen molar-refractivity contribution in [3.8, 4) is 0 Å². The van der Waals surface area contributed by atoms with E-state index in [1.807, 2.05) is 6.20 Å². The first kappa shape index (κ1) is 14.3. The zero-order chi connectivity index (χ0) is 13.7. The fourth-order valence-corrected chi connectivity index (χ4v) is 2.51. The standard InChI is InChI=1S/C15H25N3O/c1-12(2)16-9-13-6-7-15(17-10-13)18-8-4-3-5-14(18)11-19/h6-7,10,12,14,16,19H,3-5,8-9,11H2,1-2H3. The third kappa shape index (κ3) is 3.91. The van der Waals surface area contributed by atoms with Crippen LogP contribution in [-0.4, -0.2) is 35.3 Å². The molecule has 1 aliphatic rings. The van der Waals surface area contributed by atoms with Gasteiger partial charge in [-0.2, -0.15) is 0 Å². The Kier molecular flexibility index (Phi) is 5.16. The van der Waals surface area contributed by atoms with Gasteiger partial charge in [-0.1, -0.05) is 19.9 Å². The molecule has 0 spiro atoms. The molecule has 0 saturated carbocycles. The monoisotopic (exact) mass is 263 g/mol. The summed E-state index contributed by atoms with van der Waals surface area (Å²) in [5.41, 5.74) is 1.20. The van der Waals surface area contributed by atoms with Crippen LogP contribution in [0.4, 0.5) is 5.82 Å². The second-order valence-electron chi connectivity index (χ2n) is 5.59. The molecule has 4 heteroatoms. The molecule has 0 aromatic carbocycles. The van der Waals surface area contributed by atoms with Gasteiger partial charge in [-0.3, -0.25) is 0 Å². The summed E-state index contributed by atoms with van der Waals surface area (Å²) in [5, 5.41) is 12.8. The van der Waals surface area contributed by atoms with Gasteiger partial charge in [0, 0.05) is 25.3 Å². The van der Waals surface area contributed by atoms with Crippen molar-refractivity contribution in [3.63, 3.8) is 0 Å². The van der Waals surface area contributed by atoms with Crippen LogP contribution in [0.25, 0.3) is 0 Å².